The van der Waals surface area contributed by atoms with E-state index >= 15 is 0 Å². The van der Waals surface area contributed by atoms with Crippen molar-refractivity contribution in [3.05, 3.63) is 57.2 Å². The molecule has 0 unspecified atom stereocenters. The van der Waals surface area contributed by atoms with Gasteiger partial charge in [0.15, 0.2) is 0 Å². The average molecular weight is 677 g/mol. The van der Waals surface area contributed by atoms with Crippen LogP contribution in [-0.4, -0.2) is 0 Å². The normalized spacial score (nSPS) is 17.4. The molecule has 42 heavy (non-hydrogen) atoms. The Morgan fingerprint density at radius 1 is 0.452 bits per heavy atom. The second kappa shape index (κ2) is 19.5. The van der Waals surface area contributed by atoms with Crippen molar-refractivity contribution >= 4 is 74.6 Å². The van der Waals surface area contributed by atoms with Crippen molar-refractivity contribution in [1.82, 2.24) is 0 Å². The SMILES string of the molecule is CCCCCCCCCCC1=C(C)S/C(=C2\SC(CCCCCCCCCC)=C(c3ccc(-c4ccc(C)s4)s3)S2)S1. The van der Waals surface area contributed by atoms with Gasteiger partial charge in [0.1, 0.15) is 0 Å². The van der Waals surface area contributed by atoms with E-state index in [1.807, 2.05) is 22.7 Å². The summed E-state index contributed by atoms with van der Waals surface area (Å²) in [5.74, 6) is 0. The van der Waals surface area contributed by atoms with Gasteiger partial charge in [-0.25, -0.2) is 0 Å². The van der Waals surface area contributed by atoms with Crippen LogP contribution in [0.1, 0.15) is 146 Å². The summed E-state index contributed by atoms with van der Waals surface area (Å²) in [4.78, 5) is 12.1. The predicted octanol–water partition coefficient (Wildman–Crippen LogP) is 15.8. The molecule has 2 aromatic rings. The third kappa shape index (κ3) is 11.1. The van der Waals surface area contributed by atoms with Crippen LogP contribution in [0.2, 0.25) is 0 Å². The van der Waals surface area contributed by atoms with Gasteiger partial charge in [-0.05, 0) is 73.6 Å². The van der Waals surface area contributed by atoms with Crippen LogP contribution in [0.3, 0.4) is 0 Å². The first kappa shape index (κ1) is 34.9. The predicted molar refractivity (Wildman–Crippen MR) is 204 cm³/mol. The first-order valence-corrected chi connectivity index (χ1v) is 21.5. The Bertz CT molecular complexity index is 1190. The Balaban J connectivity index is 1.34. The molecule has 2 aliphatic heterocycles. The van der Waals surface area contributed by atoms with Gasteiger partial charge in [0.2, 0.25) is 0 Å². The van der Waals surface area contributed by atoms with Crippen LogP contribution in [0.25, 0.3) is 14.7 Å². The van der Waals surface area contributed by atoms with Gasteiger partial charge in [-0.3, -0.25) is 0 Å². The molecule has 4 rings (SSSR count). The summed E-state index contributed by atoms with van der Waals surface area (Å²) in [6, 6.07) is 9.30. The minimum atomic E-state index is 1.23. The third-order valence-corrected chi connectivity index (χ3v) is 16.4. The Labute approximate surface area is 282 Å². The van der Waals surface area contributed by atoms with Crippen LogP contribution in [0, 0.1) is 6.92 Å². The van der Waals surface area contributed by atoms with Crippen molar-refractivity contribution in [2.45, 2.75) is 143 Å². The second-order valence-electron chi connectivity index (χ2n) is 11.7. The van der Waals surface area contributed by atoms with E-state index in [0.29, 0.717) is 0 Å². The van der Waals surface area contributed by atoms with Crippen molar-refractivity contribution in [3.8, 4) is 9.75 Å². The van der Waals surface area contributed by atoms with Crippen LogP contribution < -0.4 is 0 Å². The molecular weight excluding hydrogens is 625 g/mol. The van der Waals surface area contributed by atoms with Gasteiger partial charge in [0.25, 0.3) is 0 Å². The van der Waals surface area contributed by atoms with Crippen molar-refractivity contribution in [3.63, 3.8) is 0 Å². The molecule has 0 saturated carbocycles. The van der Waals surface area contributed by atoms with E-state index in [0.717, 1.165) is 0 Å². The van der Waals surface area contributed by atoms with Gasteiger partial charge >= 0.3 is 0 Å². The highest BCUT2D eigenvalue weighted by Gasteiger charge is 2.29. The van der Waals surface area contributed by atoms with Gasteiger partial charge < -0.3 is 0 Å². The largest absolute Gasteiger partial charge is 0.140 e. The van der Waals surface area contributed by atoms with E-state index in [4.69, 9.17) is 0 Å². The highest BCUT2D eigenvalue weighted by molar-refractivity contribution is 8.35. The number of hydrogen-bond donors (Lipinski definition) is 0. The maximum absolute atomic E-state index is 2.39. The fourth-order valence-corrected chi connectivity index (χ4v) is 13.5. The van der Waals surface area contributed by atoms with Gasteiger partial charge in [-0.2, -0.15) is 0 Å². The van der Waals surface area contributed by atoms with E-state index in [9.17, 15) is 0 Å². The molecule has 0 aliphatic carbocycles. The molecule has 2 aliphatic rings. The molecule has 232 valence electrons. The van der Waals surface area contributed by atoms with E-state index in [1.54, 1.807) is 28.1 Å². The second-order valence-corrected chi connectivity index (χ2v) is 19.1. The summed E-state index contributed by atoms with van der Waals surface area (Å²) >= 11 is 12.2. The molecule has 2 aromatic heterocycles. The number of aryl methyl sites for hydroxylation is 1. The smallest absolute Gasteiger partial charge is 0.0703 e. The number of unbranched alkanes of at least 4 members (excludes halogenated alkanes) is 14. The van der Waals surface area contributed by atoms with Gasteiger partial charge in [0, 0.05) is 29.3 Å². The van der Waals surface area contributed by atoms with Crippen LogP contribution in [0.4, 0.5) is 0 Å². The first-order chi connectivity index (χ1) is 20.6. The summed E-state index contributed by atoms with van der Waals surface area (Å²) in [5.41, 5.74) is 0. The van der Waals surface area contributed by atoms with E-state index < -0.39 is 0 Å². The molecule has 6 heteroatoms. The Morgan fingerprint density at radius 3 is 1.52 bits per heavy atom. The topological polar surface area (TPSA) is 0 Å². The molecule has 0 atom stereocenters. The molecule has 0 bridgehead atoms. The van der Waals surface area contributed by atoms with Gasteiger partial charge in [-0.1, -0.05) is 151 Å². The van der Waals surface area contributed by atoms with Crippen molar-refractivity contribution in [1.29, 1.82) is 0 Å². The zero-order chi connectivity index (χ0) is 29.6. The monoisotopic (exact) mass is 676 g/mol. The maximum atomic E-state index is 2.39. The quantitative estimate of drug-likeness (QED) is 0.128. The molecule has 0 amide bonds. The lowest BCUT2D eigenvalue weighted by molar-refractivity contribution is 0.577. The lowest BCUT2D eigenvalue weighted by Gasteiger charge is -2.05. The summed E-state index contributed by atoms with van der Waals surface area (Å²) < 4.78 is 3.09. The van der Waals surface area contributed by atoms with E-state index in [2.05, 4.69) is 99.0 Å². The minimum absolute atomic E-state index is 1.23. The zero-order valence-electron chi connectivity index (χ0n) is 26.5. The summed E-state index contributed by atoms with van der Waals surface area (Å²) in [6.45, 7) is 9.19. The number of hydrogen-bond acceptors (Lipinski definition) is 6. The van der Waals surface area contributed by atoms with Gasteiger partial charge in [-0.15, -0.1) is 22.7 Å². The number of thiophene rings is 2. The Hall–Kier alpha value is 0.0200. The van der Waals surface area contributed by atoms with Crippen molar-refractivity contribution in [2.24, 2.45) is 0 Å². The molecule has 0 N–H and O–H groups in total. The standard InChI is InChI=1S/C36H52S6/c1-5-7-9-11-13-15-17-19-21-29-28(4)38-35(40-29)36-41-32(22-20-18-16-14-12-10-8-6-2)34(42-36)33-26-25-31(39-33)30-24-23-27(3)37-30/h23-26H,5-22H2,1-4H3/b36-35-. The zero-order valence-corrected chi connectivity index (χ0v) is 31.4. The van der Waals surface area contributed by atoms with Crippen molar-refractivity contribution in [2.75, 3.05) is 0 Å². The van der Waals surface area contributed by atoms with Crippen LogP contribution in [0.15, 0.2) is 47.5 Å². The van der Waals surface area contributed by atoms with Gasteiger partial charge in [0.05, 0.1) is 8.47 Å². The lowest BCUT2D eigenvalue weighted by atomic mass is 10.1. The summed E-state index contributed by atoms with van der Waals surface area (Å²) in [7, 11) is 0. The third-order valence-electron chi connectivity index (χ3n) is 8.01. The molecule has 0 spiro atoms. The summed E-state index contributed by atoms with van der Waals surface area (Å²) in [5, 5.41) is 0. The fraction of sp³-hybridized carbons (Fsp3) is 0.611. The van der Waals surface area contributed by atoms with E-state index in [1.165, 1.54) is 135 Å². The maximum Gasteiger partial charge on any atom is 0.0703 e. The number of rotatable bonds is 20. The minimum Gasteiger partial charge on any atom is -0.140 e. The fourth-order valence-electron chi connectivity index (χ4n) is 5.47. The van der Waals surface area contributed by atoms with Crippen LogP contribution in [0.5, 0.6) is 0 Å². The Kier molecular flexibility index (Phi) is 16.2. The average Bonchev–Trinajstić information content (AvgIpc) is 3.78. The molecule has 4 heterocycles. The molecule has 0 nitrogen and oxygen atoms in total. The summed E-state index contributed by atoms with van der Waals surface area (Å²) in [6.07, 6.45) is 24.8. The molecule has 0 fully saturated rings. The first-order valence-electron chi connectivity index (χ1n) is 16.6. The molecule has 0 saturated heterocycles. The van der Waals surface area contributed by atoms with Crippen molar-refractivity contribution < 1.29 is 0 Å². The van der Waals surface area contributed by atoms with E-state index in [-0.39, 0.29) is 0 Å². The number of allylic oxidation sites excluding steroid dienone is 3. The van der Waals surface area contributed by atoms with Crippen LogP contribution in [-0.2, 0) is 0 Å². The molecular formula is C36H52S6. The Morgan fingerprint density at radius 2 is 0.929 bits per heavy atom. The number of thioether (sulfide) groups is 4. The molecule has 0 radical (unpaired) electrons. The highest BCUT2D eigenvalue weighted by atomic mass is 32.2. The highest BCUT2D eigenvalue weighted by Crippen LogP contribution is 2.63. The molecule has 0 aromatic carbocycles. The lowest BCUT2D eigenvalue weighted by Crippen LogP contribution is -1.83. The van der Waals surface area contributed by atoms with Crippen LogP contribution >= 0.6 is 69.7 Å².